The molecule has 1 aromatic carbocycles. The molecule has 1 N–H and O–H groups in total. The first-order valence-corrected chi connectivity index (χ1v) is 12.0. The fourth-order valence-corrected chi connectivity index (χ4v) is 4.61. The van der Waals surface area contributed by atoms with Gasteiger partial charge in [0.15, 0.2) is 5.82 Å². The minimum absolute atomic E-state index is 0.100. The minimum Gasteiger partial charge on any atom is -0.497 e. The topological polar surface area (TPSA) is 75.5 Å². The first-order valence-electron chi connectivity index (χ1n) is 12.0. The molecule has 0 bridgehead atoms. The normalized spacial score (nSPS) is 19.2. The molecule has 0 spiro atoms. The number of fused-ring (bicyclic) bond motifs is 1. The molecule has 8 nitrogen and oxygen atoms in total. The van der Waals surface area contributed by atoms with E-state index in [2.05, 4.69) is 61.2 Å². The van der Waals surface area contributed by atoms with Crippen molar-refractivity contribution in [1.29, 1.82) is 0 Å². The summed E-state index contributed by atoms with van der Waals surface area (Å²) >= 11 is 0. The summed E-state index contributed by atoms with van der Waals surface area (Å²) in [6, 6.07) is 7.94. The van der Waals surface area contributed by atoms with Crippen molar-refractivity contribution in [3.05, 3.63) is 47.6 Å². The quantitative estimate of drug-likeness (QED) is 0.695. The summed E-state index contributed by atoms with van der Waals surface area (Å²) in [7, 11) is 3.79. The molecule has 33 heavy (non-hydrogen) atoms. The van der Waals surface area contributed by atoms with E-state index in [1.54, 1.807) is 7.11 Å². The number of hydrogen-bond acceptors (Lipinski definition) is 6. The maximum atomic E-state index is 12.8. The molecule has 1 unspecified atom stereocenters. The highest BCUT2D eigenvalue weighted by Gasteiger charge is 2.27. The molecule has 2 aliphatic rings. The number of piperidine rings is 1. The SMILES string of the molecule is COc1ccc(C=CCN2CCc3nnc(C(C)NC(=O)C4CCN(C)CC4)n3CC2)cc1. The van der Waals surface area contributed by atoms with Crippen molar-refractivity contribution in [1.82, 2.24) is 29.9 Å². The van der Waals surface area contributed by atoms with Gasteiger partial charge in [0.05, 0.1) is 13.2 Å². The molecule has 1 saturated heterocycles. The molecule has 4 rings (SSSR count). The Morgan fingerprint density at radius 1 is 1.15 bits per heavy atom. The average Bonchev–Trinajstić information content (AvgIpc) is 3.13. The van der Waals surface area contributed by atoms with E-state index in [-0.39, 0.29) is 17.9 Å². The van der Waals surface area contributed by atoms with Crippen LogP contribution in [0.2, 0.25) is 0 Å². The van der Waals surface area contributed by atoms with Gasteiger partial charge in [-0.15, -0.1) is 10.2 Å². The van der Waals surface area contributed by atoms with Crippen molar-refractivity contribution < 1.29 is 9.53 Å². The molecule has 8 heteroatoms. The van der Waals surface area contributed by atoms with Gasteiger partial charge in [-0.3, -0.25) is 9.69 Å². The van der Waals surface area contributed by atoms with Crippen LogP contribution in [0.25, 0.3) is 6.08 Å². The van der Waals surface area contributed by atoms with Crippen molar-refractivity contribution in [3.8, 4) is 5.75 Å². The maximum absolute atomic E-state index is 12.8. The van der Waals surface area contributed by atoms with Gasteiger partial charge in [-0.25, -0.2) is 0 Å². The van der Waals surface area contributed by atoms with Gasteiger partial charge in [0, 0.05) is 38.5 Å². The molecule has 3 heterocycles. The van der Waals surface area contributed by atoms with Gasteiger partial charge in [0.2, 0.25) is 5.91 Å². The summed E-state index contributed by atoms with van der Waals surface area (Å²) < 4.78 is 7.42. The number of methoxy groups -OCH3 is 1. The van der Waals surface area contributed by atoms with Crippen molar-refractivity contribution in [2.24, 2.45) is 5.92 Å². The number of ether oxygens (including phenoxy) is 1. The third kappa shape index (κ3) is 6.00. The van der Waals surface area contributed by atoms with Crippen LogP contribution in [-0.2, 0) is 17.8 Å². The van der Waals surface area contributed by atoms with E-state index >= 15 is 0 Å². The van der Waals surface area contributed by atoms with Crippen LogP contribution in [0.4, 0.5) is 0 Å². The molecule has 1 fully saturated rings. The molecule has 2 aliphatic heterocycles. The van der Waals surface area contributed by atoms with Gasteiger partial charge in [-0.05, 0) is 57.6 Å². The molecule has 0 saturated carbocycles. The molecular formula is C25H36N6O2. The van der Waals surface area contributed by atoms with Gasteiger partial charge in [-0.1, -0.05) is 24.3 Å². The number of likely N-dealkylation sites (tertiary alicyclic amines) is 1. The van der Waals surface area contributed by atoms with Crippen molar-refractivity contribution in [2.75, 3.05) is 46.9 Å². The van der Waals surface area contributed by atoms with E-state index in [0.29, 0.717) is 0 Å². The van der Waals surface area contributed by atoms with E-state index in [1.165, 1.54) is 5.56 Å². The standard InChI is InChI=1S/C25H36N6O2/c1-19(26-25(32)21-10-14-29(2)15-11-21)24-28-27-23-12-16-30(17-18-31(23)24)13-4-5-20-6-8-22(33-3)9-7-20/h4-9,19,21H,10-18H2,1-3H3,(H,26,32). The predicted molar refractivity (Wildman–Crippen MR) is 129 cm³/mol. The van der Waals surface area contributed by atoms with Crippen LogP contribution in [-0.4, -0.2) is 77.4 Å². The highest BCUT2D eigenvalue weighted by molar-refractivity contribution is 5.79. The van der Waals surface area contributed by atoms with Crippen LogP contribution in [0.5, 0.6) is 5.75 Å². The fraction of sp³-hybridized carbons (Fsp3) is 0.560. The van der Waals surface area contributed by atoms with Crippen molar-refractivity contribution in [3.63, 3.8) is 0 Å². The number of hydrogen-bond donors (Lipinski definition) is 1. The number of nitrogens with one attached hydrogen (secondary N) is 1. The first kappa shape index (κ1) is 23.4. The van der Waals surface area contributed by atoms with Crippen LogP contribution in [0, 0.1) is 5.92 Å². The Hall–Kier alpha value is -2.71. The molecular weight excluding hydrogens is 416 g/mol. The van der Waals surface area contributed by atoms with Crippen molar-refractivity contribution >= 4 is 12.0 Å². The van der Waals surface area contributed by atoms with Gasteiger partial charge in [0.1, 0.15) is 11.6 Å². The average molecular weight is 453 g/mol. The zero-order chi connectivity index (χ0) is 23.2. The highest BCUT2D eigenvalue weighted by atomic mass is 16.5. The molecule has 0 aliphatic carbocycles. The van der Waals surface area contributed by atoms with Crippen LogP contribution in [0.15, 0.2) is 30.3 Å². The molecule has 1 atom stereocenters. The summed E-state index contributed by atoms with van der Waals surface area (Å²) in [5.74, 6) is 2.99. The number of rotatable bonds is 7. The number of aromatic nitrogens is 3. The van der Waals surface area contributed by atoms with Gasteiger partial charge >= 0.3 is 0 Å². The molecule has 2 aromatic rings. The van der Waals surface area contributed by atoms with Crippen LogP contribution in [0.3, 0.4) is 0 Å². The van der Waals surface area contributed by atoms with Gasteiger partial charge in [-0.2, -0.15) is 0 Å². The second-order valence-corrected chi connectivity index (χ2v) is 9.16. The number of nitrogens with zero attached hydrogens (tertiary/aromatic N) is 5. The Morgan fingerprint density at radius 3 is 2.64 bits per heavy atom. The van der Waals surface area contributed by atoms with E-state index in [1.807, 2.05) is 19.1 Å². The van der Waals surface area contributed by atoms with Crippen LogP contribution < -0.4 is 10.1 Å². The number of carbonyl (C=O) groups excluding carboxylic acids is 1. The third-order valence-corrected chi connectivity index (χ3v) is 6.77. The number of benzene rings is 1. The number of amides is 1. The summed E-state index contributed by atoms with van der Waals surface area (Å²) in [4.78, 5) is 17.5. The zero-order valence-electron chi connectivity index (χ0n) is 20.0. The summed E-state index contributed by atoms with van der Waals surface area (Å²) in [6.45, 7) is 7.59. The summed E-state index contributed by atoms with van der Waals surface area (Å²) in [5, 5.41) is 12.1. The molecule has 1 aromatic heterocycles. The second-order valence-electron chi connectivity index (χ2n) is 9.16. The molecule has 0 radical (unpaired) electrons. The molecule has 178 valence electrons. The van der Waals surface area contributed by atoms with E-state index in [4.69, 9.17) is 4.74 Å². The lowest BCUT2D eigenvalue weighted by atomic mass is 9.96. The van der Waals surface area contributed by atoms with Gasteiger partial charge in [0.25, 0.3) is 0 Å². The minimum atomic E-state index is -0.139. The van der Waals surface area contributed by atoms with E-state index in [0.717, 1.165) is 75.9 Å². The lowest BCUT2D eigenvalue weighted by Crippen LogP contribution is -2.40. The zero-order valence-corrected chi connectivity index (χ0v) is 20.0. The first-order chi connectivity index (χ1) is 16.0. The smallest absolute Gasteiger partial charge is 0.223 e. The summed E-state index contributed by atoms with van der Waals surface area (Å²) in [5.41, 5.74) is 1.17. The Kier molecular flexibility index (Phi) is 7.77. The maximum Gasteiger partial charge on any atom is 0.223 e. The van der Waals surface area contributed by atoms with Gasteiger partial charge < -0.3 is 19.5 Å². The van der Waals surface area contributed by atoms with E-state index < -0.39 is 0 Å². The lowest BCUT2D eigenvalue weighted by molar-refractivity contribution is -0.127. The summed E-state index contributed by atoms with van der Waals surface area (Å²) in [6.07, 6.45) is 7.06. The van der Waals surface area contributed by atoms with Crippen LogP contribution >= 0.6 is 0 Å². The Labute approximate surface area is 196 Å². The Bertz CT molecular complexity index is 946. The van der Waals surface area contributed by atoms with Crippen LogP contribution in [0.1, 0.15) is 43.0 Å². The number of carbonyl (C=O) groups is 1. The second kappa shape index (κ2) is 10.9. The van der Waals surface area contributed by atoms with Crippen molar-refractivity contribution in [2.45, 2.75) is 38.8 Å². The largest absolute Gasteiger partial charge is 0.497 e. The lowest BCUT2D eigenvalue weighted by Gasteiger charge is -2.29. The Morgan fingerprint density at radius 2 is 1.91 bits per heavy atom. The Balaban J connectivity index is 1.30. The van der Waals surface area contributed by atoms with E-state index in [9.17, 15) is 4.79 Å². The monoisotopic (exact) mass is 452 g/mol. The third-order valence-electron chi connectivity index (χ3n) is 6.77. The molecule has 1 amide bonds. The fourth-order valence-electron chi connectivity index (χ4n) is 4.61. The highest BCUT2D eigenvalue weighted by Crippen LogP contribution is 2.20. The predicted octanol–water partition coefficient (Wildman–Crippen LogP) is 2.38.